The summed E-state index contributed by atoms with van der Waals surface area (Å²) >= 11 is 11.4. The summed E-state index contributed by atoms with van der Waals surface area (Å²) in [7, 11) is 0. The Kier molecular flexibility index (Phi) is 5.49. The van der Waals surface area contributed by atoms with E-state index in [1.807, 2.05) is 53.7 Å². The van der Waals surface area contributed by atoms with Crippen molar-refractivity contribution < 1.29 is 14.3 Å². The van der Waals surface area contributed by atoms with Gasteiger partial charge in [-0.1, -0.05) is 0 Å². The molecule has 0 aliphatic carbocycles. The predicted octanol–water partition coefficient (Wildman–Crippen LogP) is 6.55. The molecular formula is C18H31Cl2O3P. The SMILES string of the molecule is CC(C)(C)c1cc(C(C)(C)C)c(OP(O)(O)(Cl)Cl)c(C(C)(C)C)c1. The molecule has 0 spiro atoms. The summed E-state index contributed by atoms with van der Waals surface area (Å²) in [5.41, 5.74) is 2.18. The molecule has 24 heavy (non-hydrogen) atoms. The number of halogens is 2. The van der Waals surface area contributed by atoms with E-state index in [9.17, 15) is 9.79 Å². The molecule has 1 rings (SSSR count). The van der Waals surface area contributed by atoms with Crippen molar-refractivity contribution in [1.82, 2.24) is 0 Å². The van der Waals surface area contributed by atoms with Crippen LogP contribution in [0.25, 0.3) is 0 Å². The van der Waals surface area contributed by atoms with Crippen LogP contribution in [-0.4, -0.2) is 9.79 Å². The first-order chi connectivity index (χ1) is 10.2. The van der Waals surface area contributed by atoms with Gasteiger partial charge in [-0.25, -0.2) is 0 Å². The van der Waals surface area contributed by atoms with E-state index in [4.69, 9.17) is 27.0 Å². The van der Waals surface area contributed by atoms with Gasteiger partial charge in [0.2, 0.25) is 0 Å². The molecule has 140 valence electrons. The van der Waals surface area contributed by atoms with Crippen LogP contribution in [0.15, 0.2) is 12.1 Å². The zero-order chi connectivity index (χ0) is 19.4. The maximum atomic E-state index is 9.94. The van der Waals surface area contributed by atoms with Crippen LogP contribution in [0.4, 0.5) is 0 Å². The predicted molar refractivity (Wildman–Crippen MR) is 106 cm³/mol. The first-order valence-corrected chi connectivity index (χ1v) is 11.9. The Labute approximate surface area is 156 Å². The molecule has 3 nitrogen and oxygen atoms in total. The Balaban J connectivity index is 3.89. The van der Waals surface area contributed by atoms with Gasteiger partial charge in [0.05, 0.1) is 0 Å². The number of hydrogen-bond donors (Lipinski definition) is 2. The van der Waals surface area contributed by atoms with Crippen molar-refractivity contribution in [3.8, 4) is 5.75 Å². The second-order valence-corrected chi connectivity index (χ2v) is 15.4. The molecule has 0 amide bonds. The molecule has 2 N–H and O–H groups in total. The van der Waals surface area contributed by atoms with Crippen LogP contribution in [0.2, 0.25) is 0 Å². The molecule has 1 aromatic rings. The van der Waals surface area contributed by atoms with Gasteiger partial charge >= 0.3 is 156 Å². The van der Waals surface area contributed by atoms with Crippen LogP contribution in [0.3, 0.4) is 0 Å². The van der Waals surface area contributed by atoms with E-state index in [0.29, 0.717) is 5.75 Å². The first kappa shape index (κ1) is 22.0. The van der Waals surface area contributed by atoms with Crippen molar-refractivity contribution in [2.75, 3.05) is 0 Å². The van der Waals surface area contributed by atoms with Crippen molar-refractivity contribution in [3.05, 3.63) is 28.8 Å². The fraction of sp³-hybridized carbons (Fsp3) is 0.667. The van der Waals surface area contributed by atoms with Gasteiger partial charge in [0.1, 0.15) is 0 Å². The summed E-state index contributed by atoms with van der Waals surface area (Å²) in [5, 5.41) is 0. The van der Waals surface area contributed by atoms with Crippen LogP contribution < -0.4 is 4.52 Å². The van der Waals surface area contributed by atoms with Gasteiger partial charge in [-0.15, -0.1) is 0 Å². The van der Waals surface area contributed by atoms with E-state index < -0.39 is 5.99 Å². The normalized spacial score (nSPS) is 15.8. The fourth-order valence-electron chi connectivity index (χ4n) is 2.43. The van der Waals surface area contributed by atoms with E-state index in [-0.39, 0.29) is 16.2 Å². The summed E-state index contributed by atoms with van der Waals surface area (Å²) in [6.07, 6.45) is 0. The van der Waals surface area contributed by atoms with E-state index >= 15 is 0 Å². The van der Waals surface area contributed by atoms with Gasteiger partial charge in [-0.05, 0) is 0 Å². The Hall–Kier alpha value is -0.0500. The monoisotopic (exact) mass is 396 g/mol. The third kappa shape index (κ3) is 6.04. The van der Waals surface area contributed by atoms with Crippen LogP contribution in [0.5, 0.6) is 5.75 Å². The van der Waals surface area contributed by atoms with Crippen molar-refractivity contribution in [3.63, 3.8) is 0 Å². The molecule has 0 radical (unpaired) electrons. The van der Waals surface area contributed by atoms with Gasteiger partial charge in [-0.3, -0.25) is 0 Å². The van der Waals surface area contributed by atoms with Gasteiger partial charge in [-0.2, -0.15) is 0 Å². The molecule has 0 heterocycles. The van der Waals surface area contributed by atoms with Gasteiger partial charge in [0.15, 0.2) is 0 Å². The van der Waals surface area contributed by atoms with Gasteiger partial charge in [0, 0.05) is 0 Å². The van der Waals surface area contributed by atoms with Crippen molar-refractivity contribution in [2.24, 2.45) is 0 Å². The second-order valence-electron chi connectivity index (χ2n) is 9.50. The molecule has 0 unspecified atom stereocenters. The summed E-state index contributed by atoms with van der Waals surface area (Å²) in [5.74, 6) is -4.85. The topological polar surface area (TPSA) is 49.7 Å². The Bertz CT molecular complexity index is 583. The minimum atomic E-state index is -5.21. The molecule has 0 fully saturated rings. The second kappa shape index (κ2) is 5.99. The molecule has 1 aromatic carbocycles. The Morgan fingerprint density at radius 3 is 1.29 bits per heavy atom. The van der Waals surface area contributed by atoms with Crippen molar-refractivity contribution in [1.29, 1.82) is 0 Å². The Morgan fingerprint density at radius 2 is 1.08 bits per heavy atom. The Morgan fingerprint density at radius 1 is 0.750 bits per heavy atom. The van der Waals surface area contributed by atoms with E-state index in [0.717, 1.165) is 16.7 Å². The zero-order valence-electron chi connectivity index (χ0n) is 16.2. The third-order valence-electron chi connectivity index (χ3n) is 3.81. The van der Waals surface area contributed by atoms with E-state index in [1.165, 1.54) is 0 Å². The van der Waals surface area contributed by atoms with E-state index in [2.05, 4.69) is 20.8 Å². The van der Waals surface area contributed by atoms with Crippen molar-refractivity contribution in [2.45, 2.75) is 78.6 Å². The summed E-state index contributed by atoms with van der Waals surface area (Å²) < 4.78 is 5.44. The minimum absolute atomic E-state index is 0.0651. The molecule has 0 bridgehead atoms. The fourth-order valence-corrected chi connectivity index (χ4v) is 3.34. The molecule has 6 heteroatoms. The molecule has 0 aromatic heterocycles. The van der Waals surface area contributed by atoms with Crippen LogP contribution in [0.1, 0.15) is 79.0 Å². The summed E-state index contributed by atoms with van der Waals surface area (Å²) in [6, 6.07) is 4.08. The average molecular weight is 397 g/mol. The number of rotatable bonds is 2. The first-order valence-electron chi connectivity index (χ1n) is 8.03. The quantitative estimate of drug-likeness (QED) is 0.557. The van der Waals surface area contributed by atoms with E-state index in [1.54, 1.807) is 0 Å². The summed E-state index contributed by atoms with van der Waals surface area (Å²) in [4.78, 5) is 19.9. The molecule has 0 saturated heterocycles. The van der Waals surface area contributed by atoms with Crippen LogP contribution in [0, 0.1) is 0 Å². The molecule has 0 aliphatic heterocycles. The maximum absolute atomic E-state index is 9.94. The molecular weight excluding hydrogens is 366 g/mol. The summed E-state index contributed by atoms with van der Waals surface area (Å²) in [6.45, 7) is 18.7. The van der Waals surface area contributed by atoms with Crippen molar-refractivity contribution >= 4 is 28.5 Å². The number of benzene rings is 1. The standard InChI is InChI=1S/C18H31Cl2O3P/c1-16(2,3)12-10-13(17(4,5)6)15(23-24(19,20,21)22)14(11-12)18(7,8)9/h10-11,21-22H,1-9H3. The van der Waals surface area contributed by atoms with Gasteiger partial charge < -0.3 is 0 Å². The molecule has 0 atom stereocenters. The molecule has 0 aliphatic rings. The number of hydrogen-bond acceptors (Lipinski definition) is 3. The average Bonchev–Trinajstić information content (AvgIpc) is 2.20. The van der Waals surface area contributed by atoms with Crippen LogP contribution >= 0.6 is 28.5 Å². The molecule has 0 saturated carbocycles. The third-order valence-corrected chi connectivity index (χ3v) is 4.71. The zero-order valence-corrected chi connectivity index (χ0v) is 18.6. The van der Waals surface area contributed by atoms with Crippen LogP contribution in [-0.2, 0) is 16.2 Å². The van der Waals surface area contributed by atoms with Gasteiger partial charge in [0.25, 0.3) is 0 Å².